The summed E-state index contributed by atoms with van der Waals surface area (Å²) in [7, 11) is 1.88. The predicted octanol–water partition coefficient (Wildman–Crippen LogP) is 2.65. The van der Waals surface area contributed by atoms with Crippen molar-refractivity contribution in [2.24, 2.45) is 5.92 Å². The van der Waals surface area contributed by atoms with Crippen molar-refractivity contribution in [3.05, 3.63) is 29.6 Å². The fraction of sp³-hybridized carbons (Fsp3) is 0.579. The van der Waals surface area contributed by atoms with Crippen LogP contribution in [-0.2, 0) is 9.59 Å². The Morgan fingerprint density at radius 2 is 2.08 bits per heavy atom. The van der Waals surface area contributed by atoms with Gasteiger partial charge in [0.1, 0.15) is 5.82 Å². The molecular weight excluding hydrogens is 321 g/mol. The third-order valence-corrected chi connectivity index (χ3v) is 4.46. The lowest BCUT2D eigenvalue weighted by atomic mass is 10.1. The zero-order valence-corrected chi connectivity index (χ0v) is 15.7. The molecule has 0 bridgehead atoms. The van der Waals surface area contributed by atoms with E-state index < -0.39 is 0 Å². The molecule has 0 aliphatic carbocycles. The van der Waals surface area contributed by atoms with E-state index in [2.05, 4.69) is 5.32 Å². The molecule has 5 nitrogen and oxygen atoms in total. The molecule has 2 rings (SSSR count). The largest absolute Gasteiger partial charge is 0.338 e. The summed E-state index contributed by atoms with van der Waals surface area (Å²) in [6, 6.07) is 4.29. The van der Waals surface area contributed by atoms with Crippen LogP contribution in [-0.4, -0.2) is 53.8 Å². The second kappa shape index (κ2) is 7.52. The van der Waals surface area contributed by atoms with Gasteiger partial charge in [-0.25, -0.2) is 4.39 Å². The van der Waals surface area contributed by atoms with E-state index in [-0.39, 0.29) is 35.6 Å². The number of carbonyl (C=O) groups is 2. The monoisotopic (exact) mass is 349 g/mol. The van der Waals surface area contributed by atoms with Crippen LogP contribution in [0.15, 0.2) is 18.2 Å². The van der Waals surface area contributed by atoms with E-state index in [0.717, 1.165) is 6.54 Å². The molecule has 1 saturated heterocycles. The van der Waals surface area contributed by atoms with Crippen molar-refractivity contribution < 1.29 is 14.0 Å². The number of aryl methyl sites for hydroxylation is 1. The number of hydrogen-bond acceptors (Lipinski definition) is 3. The molecule has 1 aliphatic rings. The van der Waals surface area contributed by atoms with E-state index in [9.17, 15) is 14.0 Å². The number of hydrogen-bond donors (Lipinski definition) is 1. The van der Waals surface area contributed by atoms with Gasteiger partial charge in [0.25, 0.3) is 0 Å². The highest BCUT2D eigenvalue weighted by Crippen LogP contribution is 2.26. The van der Waals surface area contributed by atoms with Gasteiger partial charge in [-0.2, -0.15) is 0 Å². The maximum atomic E-state index is 13.1. The first kappa shape index (κ1) is 19.4. The second-order valence-electron chi connectivity index (χ2n) is 7.95. The van der Waals surface area contributed by atoms with Crippen molar-refractivity contribution in [3.8, 4) is 0 Å². The van der Waals surface area contributed by atoms with Crippen LogP contribution in [0.5, 0.6) is 0 Å². The number of nitrogens with zero attached hydrogens (tertiary/aromatic N) is 2. The third-order valence-electron chi connectivity index (χ3n) is 4.46. The summed E-state index contributed by atoms with van der Waals surface area (Å²) in [5, 5.41) is 2.81. The zero-order valence-electron chi connectivity index (χ0n) is 15.7. The number of anilines is 1. The summed E-state index contributed by atoms with van der Waals surface area (Å²) in [5.41, 5.74) is 1.15. The predicted molar refractivity (Wildman–Crippen MR) is 96.8 cm³/mol. The van der Waals surface area contributed by atoms with Crippen LogP contribution in [0.25, 0.3) is 0 Å². The van der Waals surface area contributed by atoms with Crippen molar-refractivity contribution in [1.82, 2.24) is 9.80 Å². The van der Waals surface area contributed by atoms with Crippen LogP contribution >= 0.6 is 0 Å². The van der Waals surface area contributed by atoms with Crippen LogP contribution in [0.3, 0.4) is 0 Å². The second-order valence-corrected chi connectivity index (χ2v) is 7.95. The van der Waals surface area contributed by atoms with E-state index in [0.29, 0.717) is 24.2 Å². The first-order chi connectivity index (χ1) is 11.6. The standard InChI is InChI=1S/C19H28FN3O2/c1-13-8-15(20)6-7-16(13)21-17(24)12-22(5)10-14-9-18(25)23(11-14)19(2,3)4/h6-8,14H,9-12H2,1-5H3,(H,21,24)/t14-/m1/s1. The molecule has 1 heterocycles. The molecule has 0 saturated carbocycles. The average molecular weight is 349 g/mol. The minimum Gasteiger partial charge on any atom is -0.338 e. The Balaban J connectivity index is 1.85. The molecular formula is C19H28FN3O2. The summed E-state index contributed by atoms with van der Waals surface area (Å²) >= 11 is 0. The Morgan fingerprint density at radius 1 is 1.40 bits per heavy atom. The smallest absolute Gasteiger partial charge is 0.238 e. The molecule has 1 aromatic carbocycles. The summed E-state index contributed by atoms with van der Waals surface area (Å²) in [6.07, 6.45) is 0.528. The van der Waals surface area contributed by atoms with Gasteiger partial charge < -0.3 is 10.2 Å². The van der Waals surface area contributed by atoms with Gasteiger partial charge in [0.15, 0.2) is 0 Å². The number of rotatable bonds is 5. The SMILES string of the molecule is Cc1cc(F)ccc1NC(=O)CN(C)C[C@H]1CC(=O)N(C(C)(C)C)C1. The Kier molecular flexibility index (Phi) is 5.83. The Bertz CT molecular complexity index is 655. The van der Waals surface area contributed by atoms with E-state index in [1.165, 1.54) is 12.1 Å². The third kappa shape index (κ3) is 5.26. The molecule has 6 heteroatoms. The number of likely N-dealkylation sites (tertiary alicyclic amines) is 1. The van der Waals surface area contributed by atoms with Gasteiger partial charge in [-0.05, 0) is 64.4 Å². The van der Waals surface area contributed by atoms with Gasteiger partial charge in [0, 0.05) is 30.7 Å². The molecule has 1 N–H and O–H groups in total. The maximum absolute atomic E-state index is 13.1. The van der Waals surface area contributed by atoms with E-state index in [1.807, 2.05) is 37.6 Å². The summed E-state index contributed by atoms with van der Waals surface area (Å²) < 4.78 is 13.1. The number of carbonyl (C=O) groups excluding carboxylic acids is 2. The first-order valence-corrected chi connectivity index (χ1v) is 8.61. The minimum atomic E-state index is -0.318. The van der Waals surface area contributed by atoms with Gasteiger partial charge in [0.2, 0.25) is 11.8 Å². The van der Waals surface area contributed by atoms with Gasteiger partial charge >= 0.3 is 0 Å². The Morgan fingerprint density at radius 3 is 2.64 bits per heavy atom. The van der Waals surface area contributed by atoms with Gasteiger partial charge in [-0.1, -0.05) is 0 Å². The number of likely N-dealkylation sites (N-methyl/N-ethyl adjacent to an activating group) is 1. The van der Waals surface area contributed by atoms with Crippen LogP contribution in [0.1, 0.15) is 32.8 Å². The first-order valence-electron chi connectivity index (χ1n) is 8.61. The molecule has 0 unspecified atom stereocenters. The molecule has 138 valence electrons. The fourth-order valence-electron chi connectivity index (χ4n) is 3.26. The van der Waals surface area contributed by atoms with Gasteiger partial charge in [-0.15, -0.1) is 0 Å². The van der Waals surface area contributed by atoms with Crippen LogP contribution in [0.2, 0.25) is 0 Å². The highest BCUT2D eigenvalue weighted by molar-refractivity contribution is 5.92. The Labute approximate surface area is 149 Å². The number of benzene rings is 1. The number of nitrogens with one attached hydrogen (secondary N) is 1. The lowest BCUT2D eigenvalue weighted by Gasteiger charge is -2.32. The quantitative estimate of drug-likeness (QED) is 0.889. The van der Waals surface area contributed by atoms with Crippen molar-refractivity contribution in [2.75, 3.05) is 32.0 Å². The molecule has 1 aliphatic heterocycles. The number of amides is 2. The molecule has 1 fully saturated rings. The summed E-state index contributed by atoms with van der Waals surface area (Å²) in [5.74, 6) is -0.0505. The zero-order chi connectivity index (χ0) is 18.8. The summed E-state index contributed by atoms with van der Waals surface area (Å²) in [4.78, 5) is 28.2. The molecule has 0 aromatic heterocycles. The van der Waals surface area contributed by atoms with Crippen LogP contribution < -0.4 is 5.32 Å². The Hall–Kier alpha value is -1.95. The van der Waals surface area contributed by atoms with Gasteiger partial charge in [0.05, 0.1) is 6.54 Å². The minimum absolute atomic E-state index is 0.144. The fourth-order valence-corrected chi connectivity index (χ4v) is 3.26. The molecule has 0 radical (unpaired) electrons. The number of halogens is 1. The molecule has 0 spiro atoms. The van der Waals surface area contributed by atoms with Crippen molar-refractivity contribution in [2.45, 2.75) is 39.7 Å². The average Bonchev–Trinajstić information content (AvgIpc) is 2.82. The maximum Gasteiger partial charge on any atom is 0.238 e. The lowest BCUT2D eigenvalue weighted by Crippen LogP contribution is -2.43. The van der Waals surface area contributed by atoms with E-state index >= 15 is 0 Å². The van der Waals surface area contributed by atoms with Gasteiger partial charge in [-0.3, -0.25) is 14.5 Å². The van der Waals surface area contributed by atoms with Crippen molar-refractivity contribution in [3.63, 3.8) is 0 Å². The summed E-state index contributed by atoms with van der Waals surface area (Å²) in [6.45, 7) is 9.52. The van der Waals surface area contributed by atoms with Crippen molar-refractivity contribution in [1.29, 1.82) is 0 Å². The molecule has 2 amide bonds. The van der Waals surface area contributed by atoms with E-state index in [4.69, 9.17) is 0 Å². The topological polar surface area (TPSA) is 52.7 Å². The lowest BCUT2D eigenvalue weighted by molar-refractivity contribution is -0.131. The van der Waals surface area contributed by atoms with Crippen LogP contribution in [0, 0.1) is 18.7 Å². The van der Waals surface area contributed by atoms with E-state index in [1.54, 1.807) is 13.0 Å². The molecule has 1 atom stereocenters. The normalized spacial score (nSPS) is 18.1. The molecule has 1 aromatic rings. The van der Waals surface area contributed by atoms with Crippen molar-refractivity contribution >= 4 is 17.5 Å². The van der Waals surface area contributed by atoms with Crippen LogP contribution in [0.4, 0.5) is 10.1 Å². The molecule has 25 heavy (non-hydrogen) atoms. The highest BCUT2D eigenvalue weighted by Gasteiger charge is 2.36. The highest BCUT2D eigenvalue weighted by atomic mass is 19.1.